The Morgan fingerprint density at radius 2 is 1.96 bits per heavy atom. The zero-order chi connectivity index (χ0) is 18.7. The Bertz CT molecular complexity index is 593. The second kappa shape index (κ2) is 8.17. The van der Waals surface area contributed by atoms with Crippen LogP contribution in [0.25, 0.3) is 0 Å². The summed E-state index contributed by atoms with van der Waals surface area (Å²) in [5.41, 5.74) is 1.05. The minimum absolute atomic E-state index is 0.138. The summed E-state index contributed by atoms with van der Waals surface area (Å²) < 4.78 is 23.4. The fourth-order valence-corrected chi connectivity index (χ4v) is 3.72. The molecule has 0 aromatic heterocycles. The molecule has 3 rings (SSSR count). The van der Waals surface area contributed by atoms with E-state index in [1.54, 1.807) is 7.11 Å². The highest BCUT2D eigenvalue weighted by molar-refractivity contribution is 5.14. The minimum Gasteiger partial charge on any atom is -0.353 e. The van der Waals surface area contributed by atoms with Crippen LogP contribution in [0.1, 0.15) is 32.3 Å². The molecule has 0 radical (unpaired) electrons. The molecule has 5 atom stereocenters. The van der Waals surface area contributed by atoms with Crippen LogP contribution in [-0.2, 0) is 25.5 Å². The Morgan fingerprint density at radius 3 is 2.62 bits per heavy atom. The third kappa shape index (κ3) is 4.34. The van der Waals surface area contributed by atoms with Gasteiger partial charge in [0, 0.05) is 19.7 Å². The summed E-state index contributed by atoms with van der Waals surface area (Å²) in [4.78, 5) is 0. The second-order valence-corrected chi connectivity index (χ2v) is 7.34. The number of nitrogens with zero attached hydrogens (tertiary/aromatic N) is 1. The zero-order valence-electron chi connectivity index (χ0n) is 15.7. The molecule has 1 aromatic rings. The largest absolute Gasteiger partial charge is 0.353 e. The van der Waals surface area contributed by atoms with Gasteiger partial charge in [-0.1, -0.05) is 36.4 Å². The first-order chi connectivity index (χ1) is 12.4. The molecule has 2 heterocycles. The van der Waals surface area contributed by atoms with Crippen LogP contribution >= 0.6 is 0 Å². The molecule has 0 bridgehead atoms. The Balaban J connectivity index is 1.68. The quantitative estimate of drug-likeness (QED) is 0.566. The first-order valence-electron chi connectivity index (χ1n) is 9.07. The number of hydrogen-bond donors (Lipinski definition) is 1. The predicted octanol–water partition coefficient (Wildman–Crippen LogP) is 3.10. The first-order valence-corrected chi connectivity index (χ1v) is 9.07. The van der Waals surface area contributed by atoms with Crippen molar-refractivity contribution in [3.8, 4) is 0 Å². The number of ether oxygens (including phenoxy) is 4. The summed E-state index contributed by atoms with van der Waals surface area (Å²) in [6, 6.07) is 9.74. The molecule has 0 saturated carbocycles. The van der Waals surface area contributed by atoms with Crippen molar-refractivity contribution in [2.75, 3.05) is 7.11 Å². The average molecular weight is 363 g/mol. The standard InChI is InChI=1S/C20H29NO5/c1-5-9-15(21(22)13-14-10-7-6-8-11-14)12-16-17-18(19(23-4)24-16)26-20(2,3)25-17/h5-8,10-11,15-19,22H,1,9,12-13H2,2-4H3/t15-,16-,17+,18+,19+/m1/s1. The van der Waals surface area contributed by atoms with Gasteiger partial charge in [-0.15, -0.1) is 6.58 Å². The molecule has 0 aliphatic carbocycles. The van der Waals surface area contributed by atoms with E-state index < -0.39 is 12.1 Å². The Hall–Kier alpha value is -1.28. The normalized spacial score (nSPS) is 31.1. The molecular weight excluding hydrogens is 334 g/mol. The van der Waals surface area contributed by atoms with Crippen molar-refractivity contribution >= 4 is 0 Å². The van der Waals surface area contributed by atoms with Gasteiger partial charge in [0.2, 0.25) is 0 Å². The monoisotopic (exact) mass is 363 g/mol. The number of rotatable bonds is 8. The zero-order valence-corrected chi connectivity index (χ0v) is 15.7. The van der Waals surface area contributed by atoms with Crippen LogP contribution in [0.4, 0.5) is 0 Å². The highest BCUT2D eigenvalue weighted by atomic mass is 16.8. The molecule has 2 aliphatic heterocycles. The molecule has 2 saturated heterocycles. The highest BCUT2D eigenvalue weighted by Gasteiger charge is 2.55. The number of hydrogen-bond acceptors (Lipinski definition) is 6. The van der Waals surface area contributed by atoms with Crippen molar-refractivity contribution in [3.05, 3.63) is 48.6 Å². The molecule has 6 nitrogen and oxygen atoms in total. The Labute approximate surface area is 155 Å². The lowest BCUT2D eigenvalue weighted by Crippen LogP contribution is -2.39. The van der Waals surface area contributed by atoms with Gasteiger partial charge in [0.1, 0.15) is 12.2 Å². The van der Waals surface area contributed by atoms with E-state index in [0.717, 1.165) is 5.56 Å². The Kier molecular flexibility index (Phi) is 6.12. The van der Waals surface area contributed by atoms with E-state index in [0.29, 0.717) is 19.4 Å². The summed E-state index contributed by atoms with van der Waals surface area (Å²) in [6.07, 6.45) is 1.89. The highest BCUT2D eigenvalue weighted by Crippen LogP contribution is 2.40. The molecule has 2 aliphatic rings. The molecule has 0 spiro atoms. The molecule has 6 heteroatoms. The van der Waals surface area contributed by atoms with Crippen molar-refractivity contribution in [1.29, 1.82) is 0 Å². The average Bonchev–Trinajstić information content (AvgIpc) is 3.08. The summed E-state index contributed by atoms with van der Waals surface area (Å²) in [7, 11) is 1.60. The van der Waals surface area contributed by atoms with Crippen molar-refractivity contribution in [1.82, 2.24) is 5.06 Å². The van der Waals surface area contributed by atoms with E-state index in [2.05, 4.69) is 6.58 Å². The van der Waals surface area contributed by atoms with E-state index in [-0.39, 0.29) is 24.4 Å². The second-order valence-electron chi connectivity index (χ2n) is 7.34. The van der Waals surface area contributed by atoms with E-state index in [1.807, 2.05) is 50.3 Å². The maximum atomic E-state index is 10.6. The fraction of sp³-hybridized carbons (Fsp3) is 0.600. The van der Waals surface area contributed by atoms with Crippen LogP contribution < -0.4 is 0 Å². The molecule has 144 valence electrons. The smallest absolute Gasteiger partial charge is 0.186 e. The van der Waals surface area contributed by atoms with Gasteiger partial charge in [-0.05, 0) is 32.3 Å². The molecule has 1 N–H and O–H groups in total. The molecular formula is C20H29NO5. The lowest BCUT2D eigenvalue weighted by Gasteiger charge is -2.29. The number of methoxy groups -OCH3 is 1. The molecule has 1 aromatic carbocycles. The first kappa shape index (κ1) is 19.5. The number of benzene rings is 1. The van der Waals surface area contributed by atoms with Crippen molar-refractivity contribution < 1.29 is 24.2 Å². The van der Waals surface area contributed by atoms with E-state index in [1.165, 1.54) is 5.06 Å². The maximum Gasteiger partial charge on any atom is 0.186 e. The molecule has 2 fully saturated rings. The lowest BCUT2D eigenvalue weighted by molar-refractivity contribution is -0.232. The third-order valence-corrected chi connectivity index (χ3v) is 4.89. The van der Waals surface area contributed by atoms with E-state index in [4.69, 9.17) is 18.9 Å². The van der Waals surface area contributed by atoms with Gasteiger partial charge in [-0.25, -0.2) is 0 Å². The third-order valence-electron chi connectivity index (χ3n) is 4.89. The summed E-state index contributed by atoms with van der Waals surface area (Å²) >= 11 is 0. The predicted molar refractivity (Wildman–Crippen MR) is 96.5 cm³/mol. The van der Waals surface area contributed by atoms with Gasteiger partial charge < -0.3 is 24.2 Å². The lowest BCUT2D eigenvalue weighted by atomic mass is 10.0. The van der Waals surface area contributed by atoms with Gasteiger partial charge in [-0.2, -0.15) is 5.06 Å². The van der Waals surface area contributed by atoms with Crippen LogP contribution in [0.15, 0.2) is 43.0 Å². The van der Waals surface area contributed by atoms with Crippen LogP contribution in [0.2, 0.25) is 0 Å². The van der Waals surface area contributed by atoms with E-state index >= 15 is 0 Å². The summed E-state index contributed by atoms with van der Waals surface area (Å²) in [6.45, 7) is 8.05. The number of hydroxylamine groups is 2. The van der Waals surface area contributed by atoms with Gasteiger partial charge >= 0.3 is 0 Å². The van der Waals surface area contributed by atoms with Crippen molar-refractivity contribution in [2.24, 2.45) is 0 Å². The van der Waals surface area contributed by atoms with Crippen LogP contribution in [-0.4, -0.2) is 53.8 Å². The summed E-state index contributed by atoms with van der Waals surface area (Å²) in [5.74, 6) is -0.662. The maximum absolute atomic E-state index is 10.6. The topological polar surface area (TPSA) is 60.4 Å². The summed E-state index contributed by atoms with van der Waals surface area (Å²) in [5, 5.41) is 12.0. The van der Waals surface area contributed by atoms with Gasteiger partial charge in [0.25, 0.3) is 0 Å². The van der Waals surface area contributed by atoms with Gasteiger partial charge in [-0.3, -0.25) is 0 Å². The van der Waals surface area contributed by atoms with Crippen molar-refractivity contribution in [3.63, 3.8) is 0 Å². The molecule has 0 amide bonds. The molecule has 26 heavy (non-hydrogen) atoms. The van der Waals surface area contributed by atoms with Crippen molar-refractivity contribution in [2.45, 2.75) is 69.7 Å². The van der Waals surface area contributed by atoms with Crippen LogP contribution in [0.5, 0.6) is 0 Å². The molecule has 0 unspecified atom stereocenters. The van der Waals surface area contributed by atoms with Crippen LogP contribution in [0.3, 0.4) is 0 Å². The van der Waals surface area contributed by atoms with E-state index in [9.17, 15) is 5.21 Å². The van der Waals surface area contributed by atoms with Gasteiger partial charge in [0.05, 0.1) is 6.10 Å². The number of fused-ring (bicyclic) bond motifs is 1. The Morgan fingerprint density at radius 1 is 1.27 bits per heavy atom. The van der Waals surface area contributed by atoms with Crippen LogP contribution in [0, 0.1) is 0 Å². The SMILES string of the molecule is C=CC[C@H](C[C@H]1O[C@H](OC)[C@H]2OC(C)(C)O[C@H]21)N(O)Cc1ccccc1. The van der Waals surface area contributed by atoms with Gasteiger partial charge in [0.15, 0.2) is 12.1 Å². The fourth-order valence-electron chi connectivity index (χ4n) is 3.72. The minimum atomic E-state index is -0.662.